The van der Waals surface area contributed by atoms with Crippen LogP contribution in [-0.4, -0.2) is 17.8 Å². The van der Waals surface area contributed by atoms with E-state index in [0.717, 1.165) is 6.42 Å². The summed E-state index contributed by atoms with van der Waals surface area (Å²) in [5.41, 5.74) is 0. The lowest BCUT2D eigenvalue weighted by Gasteiger charge is -2.29. The first kappa shape index (κ1) is 9.85. The van der Waals surface area contributed by atoms with E-state index in [4.69, 9.17) is 11.6 Å². The molecule has 12 heavy (non-hydrogen) atoms. The molecule has 0 unspecified atom stereocenters. The number of hydrogen-bond donors (Lipinski definition) is 1. The summed E-state index contributed by atoms with van der Waals surface area (Å²) in [5, 5.41) is 2.95. The van der Waals surface area contributed by atoms with Crippen LogP contribution in [0.2, 0.25) is 0 Å². The maximum Gasteiger partial charge on any atom is 0.235 e. The molecule has 1 fully saturated rings. The molecule has 1 aliphatic rings. The second-order valence-corrected chi connectivity index (χ2v) is 3.84. The third-order valence-corrected chi connectivity index (χ3v) is 2.82. The lowest BCUT2D eigenvalue weighted by molar-refractivity contribution is -0.119. The lowest BCUT2D eigenvalue weighted by atomic mass is 9.86. The molecule has 0 aliphatic heterocycles. The van der Waals surface area contributed by atoms with Crippen LogP contribution in [0.1, 0.15) is 32.6 Å². The fourth-order valence-electron chi connectivity index (χ4n) is 1.78. The van der Waals surface area contributed by atoms with Gasteiger partial charge in [0, 0.05) is 6.04 Å². The molecule has 0 spiro atoms. The molecule has 0 aromatic heterocycles. The summed E-state index contributed by atoms with van der Waals surface area (Å²) in [6, 6.07) is 0.366. The zero-order valence-corrected chi connectivity index (χ0v) is 8.23. The fourth-order valence-corrected chi connectivity index (χ4v) is 1.85. The Bertz CT molecular complexity index is 161. The minimum Gasteiger partial charge on any atom is -0.352 e. The molecule has 1 amide bonds. The summed E-state index contributed by atoms with van der Waals surface area (Å²) in [6.07, 6.45) is 4.88. The summed E-state index contributed by atoms with van der Waals surface area (Å²) >= 11 is 5.41. The minimum absolute atomic E-state index is 0.0320. The van der Waals surface area contributed by atoms with Crippen molar-refractivity contribution in [2.24, 2.45) is 5.92 Å². The second kappa shape index (κ2) is 4.70. The molecule has 0 saturated heterocycles. The molecule has 0 bridgehead atoms. The standard InChI is InChI=1S/C9H16ClNO/c1-7-4-2-3-5-8(7)11-9(12)6-10/h7-8H,2-6H2,1H3,(H,11,12)/t7-,8-/m0/s1. The zero-order chi connectivity index (χ0) is 8.97. The van der Waals surface area contributed by atoms with E-state index >= 15 is 0 Å². The summed E-state index contributed by atoms with van der Waals surface area (Å²) in [5.74, 6) is 0.671. The molecule has 1 N–H and O–H groups in total. The molecular formula is C9H16ClNO. The Morgan fingerprint density at radius 2 is 2.17 bits per heavy atom. The third kappa shape index (κ3) is 2.67. The topological polar surface area (TPSA) is 29.1 Å². The normalized spacial score (nSPS) is 29.8. The van der Waals surface area contributed by atoms with Gasteiger partial charge in [-0.05, 0) is 18.8 Å². The van der Waals surface area contributed by atoms with E-state index in [9.17, 15) is 4.79 Å². The van der Waals surface area contributed by atoms with Crippen LogP contribution in [-0.2, 0) is 4.79 Å². The Morgan fingerprint density at radius 1 is 1.50 bits per heavy atom. The smallest absolute Gasteiger partial charge is 0.235 e. The molecule has 1 rings (SSSR count). The molecule has 1 saturated carbocycles. The highest BCUT2D eigenvalue weighted by molar-refractivity contribution is 6.27. The first-order valence-electron chi connectivity index (χ1n) is 4.59. The molecule has 3 heteroatoms. The fraction of sp³-hybridized carbons (Fsp3) is 0.889. The monoisotopic (exact) mass is 189 g/mol. The highest BCUT2D eigenvalue weighted by Gasteiger charge is 2.21. The van der Waals surface area contributed by atoms with Gasteiger partial charge in [-0.15, -0.1) is 11.6 Å². The number of halogens is 1. The minimum atomic E-state index is -0.0320. The molecule has 0 radical (unpaired) electrons. The van der Waals surface area contributed by atoms with Gasteiger partial charge in [0.15, 0.2) is 0 Å². The molecule has 0 aromatic rings. The molecular weight excluding hydrogens is 174 g/mol. The molecule has 2 nitrogen and oxygen atoms in total. The Balaban J connectivity index is 2.33. The Labute approximate surface area is 78.7 Å². The van der Waals surface area contributed by atoms with E-state index in [2.05, 4.69) is 12.2 Å². The molecule has 1 aliphatic carbocycles. The zero-order valence-electron chi connectivity index (χ0n) is 7.48. The van der Waals surface area contributed by atoms with Gasteiger partial charge in [-0.25, -0.2) is 0 Å². The van der Waals surface area contributed by atoms with Gasteiger partial charge in [0.25, 0.3) is 0 Å². The van der Waals surface area contributed by atoms with E-state index < -0.39 is 0 Å². The number of carbonyl (C=O) groups is 1. The van der Waals surface area contributed by atoms with Crippen LogP contribution in [0.5, 0.6) is 0 Å². The molecule has 70 valence electrons. The van der Waals surface area contributed by atoms with Crippen LogP contribution in [0.4, 0.5) is 0 Å². The largest absolute Gasteiger partial charge is 0.352 e. The quantitative estimate of drug-likeness (QED) is 0.661. The van der Waals surface area contributed by atoms with E-state index in [1.165, 1.54) is 19.3 Å². The van der Waals surface area contributed by atoms with E-state index in [-0.39, 0.29) is 11.8 Å². The number of rotatable bonds is 2. The van der Waals surface area contributed by atoms with Gasteiger partial charge in [0.2, 0.25) is 5.91 Å². The van der Waals surface area contributed by atoms with Crippen LogP contribution < -0.4 is 5.32 Å². The lowest BCUT2D eigenvalue weighted by Crippen LogP contribution is -2.41. The van der Waals surface area contributed by atoms with Crippen LogP contribution >= 0.6 is 11.6 Å². The van der Waals surface area contributed by atoms with E-state index in [0.29, 0.717) is 12.0 Å². The number of nitrogens with one attached hydrogen (secondary N) is 1. The summed E-state index contributed by atoms with van der Waals surface area (Å²) in [4.78, 5) is 11.0. The van der Waals surface area contributed by atoms with Crippen molar-refractivity contribution in [3.63, 3.8) is 0 Å². The number of hydrogen-bond acceptors (Lipinski definition) is 1. The van der Waals surface area contributed by atoms with Crippen molar-refractivity contribution < 1.29 is 4.79 Å². The van der Waals surface area contributed by atoms with Gasteiger partial charge < -0.3 is 5.32 Å². The highest BCUT2D eigenvalue weighted by atomic mass is 35.5. The SMILES string of the molecule is C[C@H]1CCCC[C@@H]1NC(=O)CCl. The van der Waals surface area contributed by atoms with Crippen LogP contribution in [0.3, 0.4) is 0 Å². The summed E-state index contributed by atoms with van der Waals surface area (Å²) in [7, 11) is 0. The maximum atomic E-state index is 11.0. The van der Waals surface area contributed by atoms with Crippen molar-refractivity contribution in [3.8, 4) is 0 Å². The number of amides is 1. The first-order chi connectivity index (χ1) is 5.74. The Kier molecular flexibility index (Phi) is 3.86. The molecule has 0 heterocycles. The van der Waals surface area contributed by atoms with Crippen molar-refractivity contribution in [1.29, 1.82) is 0 Å². The number of alkyl halides is 1. The van der Waals surface area contributed by atoms with Gasteiger partial charge in [0.05, 0.1) is 0 Å². The molecule has 0 aromatic carbocycles. The van der Waals surface area contributed by atoms with Gasteiger partial charge >= 0.3 is 0 Å². The van der Waals surface area contributed by atoms with Crippen molar-refractivity contribution in [2.45, 2.75) is 38.6 Å². The van der Waals surface area contributed by atoms with Crippen molar-refractivity contribution in [2.75, 3.05) is 5.88 Å². The molecule has 2 atom stereocenters. The van der Waals surface area contributed by atoms with E-state index in [1.54, 1.807) is 0 Å². The van der Waals surface area contributed by atoms with Gasteiger partial charge in [-0.1, -0.05) is 19.8 Å². The average Bonchev–Trinajstić information content (AvgIpc) is 2.09. The van der Waals surface area contributed by atoms with Crippen molar-refractivity contribution >= 4 is 17.5 Å². The van der Waals surface area contributed by atoms with Crippen LogP contribution in [0, 0.1) is 5.92 Å². The van der Waals surface area contributed by atoms with Crippen molar-refractivity contribution in [1.82, 2.24) is 5.32 Å². The van der Waals surface area contributed by atoms with Gasteiger partial charge in [-0.2, -0.15) is 0 Å². The second-order valence-electron chi connectivity index (χ2n) is 3.57. The third-order valence-electron chi connectivity index (χ3n) is 2.58. The Hall–Kier alpha value is -0.240. The summed E-state index contributed by atoms with van der Waals surface area (Å²) in [6.45, 7) is 2.19. The highest BCUT2D eigenvalue weighted by Crippen LogP contribution is 2.23. The van der Waals surface area contributed by atoms with Crippen LogP contribution in [0.25, 0.3) is 0 Å². The van der Waals surface area contributed by atoms with Crippen molar-refractivity contribution in [3.05, 3.63) is 0 Å². The van der Waals surface area contributed by atoms with Gasteiger partial charge in [0.1, 0.15) is 5.88 Å². The maximum absolute atomic E-state index is 11.0. The predicted molar refractivity (Wildman–Crippen MR) is 50.3 cm³/mol. The Morgan fingerprint density at radius 3 is 2.75 bits per heavy atom. The number of carbonyl (C=O) groups excluding carboxylic acids is 1. The van der Waals surface area contributed by atoms with Crippen LogP contribution in [0.15, 0.2) is 0 Å². The van der Waals surface area contributed by atoms with Gasteiger partial charge in [-0.3, -0.25) is 4.79 Å². The van der Waals surface area contributed by atoms with E-state index in [1.807, 2.05) is 0 Å². The first-order valence-corrected chi connectivity index (χ1v) is 5.13. The predicted octanol–water partition coefficient (Wildman–Crippen LogP) is 1.92. The summed E-state index contributed by atoms with van der Waals surface area (Å²) < 4.78 is 0. The average molecular weight is 190 g/mol.